The molecular formula is C8H13N3O2. The molecule has 0 heterocycles. The van der Waals surface area contributed by atoms with Gasteiger partial charge in [0.05, 0.1) is 0 Å². The maximum absolute atomic E-state index is 10.8. The molecule has 0 spiro atoms. The van der Waals surface area contributed by atoms with Crippen LogP contribution in [0, 0.1) is 0 Å². The second-order valence-electron chi connectivity index (χ2n) is 2.81. The van der Waals surface area contributed by atoms with Crippen molar-refractivity contribution in [3.05, 3.63) is 24.3 Å². The second-order valence-corrected chi connectivity index (χ2v) is 2.81. The Bertz CT molecular complexity index is 279. The molecule has 0 aromatic heterocycles. The molecule has 0 aromatic rings. The van der Waals surface area contributed by atoms with Gasteiger partial charge in [-0.1, -0.05) is 12.7 Å². The molecule has 0 bridgehead atoms. The average molecular weight is 183 g/mol. The van der Waals surface area contributed by atoms with Crippen molar-refractivity contribution in [3.8, 4) is 0 Å². The summed E-state index contributed by atoms with van der Waals surface area (Å²) in [5, 5.41) is 0. The largest absolute Gasteiger partial charge is 0.368 e. The number of nitrogens with two attached hydrogens (primary N) is 3. The van der Waals surface area contributed by atoms with Gasteiger partial charge in [0.1, 0.15) is 5.54 Å². The molecule has 72 valence electrons. The molecule has 0 aliphatic carbocycles. The average Bonchev–Trinajstić information content (AvgIpc) is 1.99. The van der Waals surface area contributed by atoms with Gasteiger partial charge in [0, 0.05) is 5.57 Å². The van der Waals surface area contributed by atoms with Crippen LogP contribution in [-0.2, 0) is 9.59 Å². The number of hydrogen-bond acceptors (Lipinski definition) is 3. The molecule has 0 radical (unpaired) electrons. The van der Waals surface area contributed by atoms with Gasteiger partial charge in [-0.05, 0) is 13.0 Å². The normalized spacial score (nSPS) is 16.0. The van der Waals surface area contributed by atoms with Crippen LogP contribution in [0.15, 0.2) is 24.3 Å². The minimum absolute atomic E-state index is 0.0730. The Balaban J connectivity index is 5.00. The highest BCUT2D eigenvalue weighted by Gasteiger charge is 2.23. The molecule has 5 heteroatoms. The molecule has 0 aliphatic rings. The zero-order valence-corrected chi connectivity index (χ0v) is 7.41. The lowest BCUT2D eigenvalue weighted by atomic mass is 9.99. The Morgan fingerprint density at radius 1 is 1.38 bits per heavy atom. The van der Waals surface area contributed by atoms with E-state index < -0.39 is 17.4 Å². The van der Waals surface area contributed by atoms with Crippen LogP contribution in [-0.4, -0.2) is 17.4 Å². The molecular weight excluding hydrogens is 170 g/mol. The fourth-order valence-corrected chi connectivity index (χ4v) is 0.625. The number of rotatable bonds is 4. The van der Waals surface area contributed by atoms with Gasteiger partial charge in [-0.15, -0.1) is 0 Å². The van der Waals surface area contributed by atoms with Crippen molar-refractivity contribution < 1.29 is 9.59 Å². The van der Waals surface area contributed by atoms with E-state index in [1.165, 1.54) is 19.1 Å². The van der Waals surface area contributed by atoms with Gasteiger partial charge < -0.3 is 17.2 Å². The topological polar surface area (TPSA) is 112 Å². The first kappa shape index (κ1) is 11.4. The smallest absolute Gasteiger partial charge is 0.248 e. The summed E-state index contributed by atoms with van der Waals surface area (Å²) in [4.78, 5) is 21.5. The number of carbonyl (C=O) groups excluding carboxylic acids is 2. The van der Waals surface area contributed by atoms with Crippen LogP contribution in [0.25, 0.3) is 0 Å². The first-order chi connectivity index (χ1) is 5.81. The Hall–Kier alpha value is -1.62. The van der Waals surface area contributed by atoms with Crippen LogP contribution in [0.2, 0.25) is 0 Å². The summed E-state index contributed by atoms with van der Waals surface area (Å²) in [6.07, 6.45) is 2.40. The van der Waals surface area contributed by atoms with Crippen LogP contribution < -0.4 is 17.2 Å². The quantitative estimate of drug-likeness (QED) is 0.375. The van der Waals surface area contributed by atoms with E-state index in [1.807, 2.05) is 0 Å². The summed E-state index contributed by atoms with van der Waals surface area (Å²) in [5.41, 5.74) is 14.1. The van der Waals surface area contributed by atoms with Crippen molar-refractivity contribution in [1.82, 2.24) is 0 Å². The van der Waals surface area contributed by atoms with Gasteiger partial charge in [-0.2, -0.15) is 0 Å². The summed E-state index contributed by atoms with van der Waals surface area (Å²) in [6, 6.07) is 0. The van der Waals surface area contributed by atoms with E-state index in [1.54, 1.807) is 0 Å². The second kappa shape index (κ2) is 3.86. The van der Waals surface area contributed by atoms with Crippen LogP contribution in [0.3, 0.4) is 0 Å². The molecule has 0 unspecified atom stereocenters. The van der Waals surface area contributed by atoms with Crippen LogP contribution in [0.4, 0.5) is 0 Å². The van der Waals surface area contributed by atoms with Crippen LogP contribution in [0.1, 0.15) is 6.92 Å². The summed E-state index contributed by atoms with van der Waals surface area (Å²) >= 11 is 0. The molecule has 0 aliphatic heterocycles. The fourth-order valence-electron chi connectivity index (χ4n) is 0.625. The lowest BCUT2D eigenvalue weighted by Gasteiger charge is -2.15. The van der Waals surface area contributed by atoms with Crippen molar-refractivity contribution in [3.63, 3.8) is 0 Å². The third kappa shape index (κ3) is 3.08. The Morgan fingerprint density at radius 3 is 2.08 bits per heavy atom. The fraction of sp³-hybridized carbons (Fsp3) is 0.250. The van der Waals surface area contributed by atoms with Gasteiger partial charge >= 0.3 is 0 Å². The highest BCUT2D eigenvalue weighted by atomic mass is 16.2. The number of hydrogen-bond donors (Lipinski definition) is 3. The van der Waals surface area contributed by atoms with E-state index in [4.69, 9.17) is 17.2 Å². The SMILES string of the molecule is C=C/C(=C\[C@@](C)(N)C(N)=O)C(N)=O. The van der Waals surface area contributed by atoms with Crippen LogP contribution in [0.5, 0.6) is 0 Å². The summed E-state index contributed by atoms with van der Waals surface area (Å²) in [5.74, 6) is -1.44. The molecule has 0 aromatic carbocycles. The first-order valence-corrected chi connectivity index (χ1v) is 3.55. The van der Waals surface area contributed by atoms with E-state index in [0.717, 1.165) is 0 Å². The minimum Gasteiger partial charge on any atom is -0.368 e. The minimum atomic E-state index is -1.39. The van der Waals surface area contributed by atoms with E-state index in [-0.39, 0.29) is 5.57 Å². The maximum atomic E-state index is 10.8. The standard InChI is InChI=1S/C8H13N3O2/c1-3-5(6(9)12)4-8(2,11)7(10)13/h3-4H,1,11H2,2H3,(H2,9,12)(H2,10,13)/b5-4+/t8-/m1/s1. The van der Waals surface area contributed by atoms with Crippen molar-refractivity contribution in [2.24, 2.45) is 17.2 Å². The monoisotopic (exact) mass is 183 g/mol. The highest BCUT2D eigenvalue weighted by molar-refractivity contribution is 5.97. The van der Waals surface area contributed by atoms with Gasteiger partial charge in [-0.3, -0.25) is 9.59 Å². The molecule has 0 fully saturated rings. The summed E-state index contributed by atoms with van der Waals surface area (Å²) in [7, 11) is 0. The highest BCUT2D eigenvalue weighted by Crippen LogP contribution is 2.05. The first-order valence-electron chi connectivity index (χ1n) is 3.55. The van der Waals surface area contributed by atoms with Gasteiger partial charge in [0.15, 0.2) is 0 Å². The molecule has 0 saturated carbocycles. The molecule has 6 N–H and O–H groups in total. The number of primary amides is 2. The Morgan fingerprint density at radius 2 is 1.85 bits per heavy atom. The van der Waals surface area contributed by atoms with Gasteiger partial charge in [0.25, 0.3) is 0 Å². The third-order valence-corrected chi connectivity index (χ3v) is 1.49. The number of carbonyl (C=O) groups is 2. The number of amides is 2. The van der Waals surface area contributed by atoms with Crippen molar-refractivity contribution in [1.29, 1.82) is 0 Å². The maximum Gasteiger partial charge on any atom is 0.248 e. The van der Waals surface area contributed by atoms with Crippen molar-refractivity contribution in [2.45, 2.75) is 12.5 Å². The Labute approximate surface area is 76.3 Å². The summed E-state index contributed by atoms with van der Waals surface area (Å²) in [6.45, 7) is 4.73. The van der Waals surface area contributed by atoms with E-state index in [9.17, 15) is 9.59 Å². The third-order valence-electron chi connectivity index (χ3n) is 1.49. The van der Waals surface area contributed by atoms with E-state index >= 15 is 0 Å². The molecule has 2 amide bonds. The lowest BCUT2D eigenvalue weighted by Crippen LogP contribution is -2.48. The van der Waals surface area contributed by atoms with E-state index in [2.05, 4.69) is 6.58 Å². The molecule has 13 heavy (non-hydrogen) atoms. The molecule has 1 atom stereocenters. The van der Waals surface area contributed by atoms with Crippen molar-refractivity contribution in [2.75, 3.05) is 0 Å². The van der Waals surface area contributed by atoms with Gasteiger partial charge in [-0.25, -0.2) is 0 Å². The van der Waals surface area contributed by atoms with Crippen LogP contribution >= 0.6 is 0 Å². The summed E-state index contributed by atoms with van der Waals surface area (Å²) < 4.78 is 0. The molecule has 0 saturated heterocycles. The zero-order chi connectivity index (χ0) is 10.6. The predicted molar refractivity (Wildman–Crippen MR) is 49.3 cm³/mol. The lowest BCUT2D eigenvalue weighted by molar-refractivity contribution is -0.121. The predicted octanol–water partition coefficient (Wildman–Crippen LogP) is -1.21. The Kier molecular flexibility index (Phi) is 3.38. The molecule has 5 nitrogen and oxygen atoms in total. The van der Waals surface area contributed by atoms with Crippen molar-refractivity contribution >= 4 is 11.8 Å². The zero-order valence-electron chi connectivity index (χ0n) is 7.41. The van der Waals surface area contributed by atoms with E-state index in [0.29, 0.717) is 0 Å². The van der Waals surface area contributed by atoms with Gasteiger partial charge in [0.2, 0.25) is 11.8 Å². The molecule has 0 rings (SSSR count).